The van der Waals surface area contributed by atoms with Gasteiger partial charge >= 0.3 is 0 Å². The van der Waals surface area contributed by atoms with Crippen LogP contribution in [0.15, 0.2) is 42.5 Å². The summed E-state index contributed by atoms with van der Waals surface area (Å²) in [7, 11) is 0. The number of hydrogen-bond acceptors (Lipinski definition) is 3. The van der Waals surface area contributed by atoms with E-state index < -0.39 is 10.7 Å². The topological polar surface area (TPSA) is 55.2 Å². The first-order valence-electron chi connectivity index (χ1n) is 6.39. The summed E-state index contributed by atoms with van der Waals surface area (Å²) >= 11 is 0. The highest BCUT2D eigenvalue weighted by Crippen LogP contribution is 2.21. The Morgan fingerprint density at radius 1 is 1.24 bits per heavy atom. The van der Waals surface area contributed by atoms with Gasteiger partial charge in [0, 0.05) is 29.8 Å². The normalized spacial score (nSPS) is 12.1. The third kappa shape index (κ3) is 3.61. The summed E-state index contributed by atoms with van der Waals surface area (Å²) in [6.07, 6.45) is 0. The molecule has 2 rings (SSSR count). The zero-order chi connectivity index (χ0) is 15.4. The summed E-state index contributed by atoms with van der Waals surface area (Å²) in [6, 6.07) is 9.20. The van der Waals surface area contributed by atoms with Crippen molar-refractivity contribution in [1.82, 2.24) is 5.32 Å². The summed E-state index contributed by atoms with van der Waals surface area (Å²) in [5.41, 5.74) is 0.518. The largest absolute Gasteiger partial charge is 0.306 e. The lowest BCUT2D eigenvalue weighted by Crippen LogP contribution is -2.19. The number of nitrogens with one attached hydrogen (secondary N) is 1. The summed E-state index contributed by atoms with van der Waals surface area (Å²) in [6.45, 7) is 1.81. The van der Waals surface area contributed by atoms with E-state index in [0.717, 1.165) is 18.2 Å². The first-order chi connectivity index (χ1) is 9.99. The lowest BCUT2D eigenvalue weighted by Gasteiger charge is -2.15. The van der Waals surface area contributed by atoms with Gasteiger partial charge < -0.3 is 5.32 Å². The molecule has 0 saturated heterocycles. The molecule has 0 radical (unpaired) electrons. The standard InChI is InChI=1S/C15H14F2N2O2/c1-10(13-4-2-3-5-14(13)17)18-9-11-8-12(16)6-7-15(11)19(20)21/h2-8,10,18H,9H2,1H3. The van der Waals surface area contributed by atoms with Crippen molar-refractivity contribution >= 4 is 5.69 Å². The summed E-state index contributed by atoms with van der Waals surface area (Å²) in [5, 5.41) is 13.9. The smallest absolute Gasteiger partial charge is 0.274 e. The molecular weight excluding hydrogens is 278 g/mol. The Labute approximate surface area is 120 Å². The maximum absolute atomic E-state index is 13.6. The molecule has 0 spiro atoms. The van der Waals surface area contributed by atoms with E-state index in [4.69, 9.17) is 0 Å². The number of nitro groups is 1. The van der Waals surface area contributed by atoms with Gasteiger partial charge in [0.15, 0.2) is 0 Å². The number of nitrogens with zero attached hydrogens (tertiary/aromatic N) is 1. The van der Waals surface area contributed by atoms with E-state index in [1.54, 1.807) is 25.1 Å². The Kier molecular flexibility index (Phi) is 4.59. The molecule has 110 valence electrons. The quantitative estimate of drug-likeness (QED) is 0.675. The number of rotatable bonds is 5. The van der Waals surface area contributed by atoms with Gasteiger partial charge in [-0.05, 0) is 25.1 Å². The molecule has 0 aliphatic heterocycles. The Bertz CT molecular complexity index is 662. The fourth-order valence-electron chi connectivity index (χ4n) is 2.07. The molecule has 2 aromatic rings. The van der Waals surface area contributed by atoms with Crippen LogP contribution >= 0.6 is 0 Å². The molecule has 1 atom stereocenters. The Hall–Kier alpha value is -2.34. The molecule has 0 heterocycles. The van der Waals surface area contributed by atoms with E-state index in [2.05, 4.69) is 5.32 Å². The second kappa shape index (κ2) is 6.41. The number of halogens is 2. The molecule has 0 aliphatic carbocycles. The van der Waals surface area contributed by atoms with Crippen molar-refractivity contribution < 1.29 is 13.7 Å². The van der Waals surface area contributed by atoms with Gasteiger partial charge in [-0.2, -0.15) is 0 Å². The average molecular weight is 292 g/mol. The Morgan fingerprint density at radius 2 is 1.95 bits per heavy atom. The zero-order valence-electron chi connectivity index (χ0n) is 11.3. The molecule has 4 nitrogen and oxygen atoms in total. The van der Waals surface area contributed by atoms with Gasteiger partial charge in [0.1, 0.15) is 11.6 Å². The average Bonchev–Trinajstić information content (AvgIpc) is 2.45. The lowest BCUT2D eigenvalue weighted by atomic mass is 10.1. The van der Waals surface area contributed by atoms with Gasteiger partial charge in [0.2, 0.25) is 0 Å². The minimum atomic E-state index is -0.565. The van der Waals surface area contributed by atoms with Crippen LogP contribution in [0, 0.1) is 21.7 Å². The molecule has 0 fully saturated rings. The molecule has 2 aromatic carbocycles. The third-order valence-corrected chi connectivity index (χ3v) is 3.21. The molecule has 1 unspecified atom stereocenters. The van der Waals surface area contributed by atoms with E-state index in [9.17, 15) is 18.9 Å². The Balaban J connectivity index is 2.15. The highest BCUT2D eigenvalue weighted by Gasteiger charge is 2.16. The van der Waals surface area contributed by atoms with Gasteiger partial charge in [-0.3, -0.25) is 10.1 Å². The van der Waals surface area contributed by atoms with E-state index in [1.807, 2.05) is 0 Å². The van der Waals surface area contributed by atoms with Crippen LogP contribution in [0.25, 0.3) is 0 Å². The van der Waals surface area contributed by atoms with Crippen LogP contribution in [0.5, 0.6) is 0 Å². The monoisotopic (exact) mass is 292 g/mol. The maximum Gasteiger partial charge on any atom is 0.274 e. The minimum absolute atomic E-state index is 0.0730. The molecular formula is C15H14F2N2O2. The molecule has 0 bridgehead atoms. The van der Waals surface area contributed by atoms with Gasteiger partial charge in [-0.15, -0.1) is 0 Å². The number of nitro benzene ring substituents is 1. The summed E-state index contributed by atoms with van der Waals surface area (Å²) < 4.78 is 26.8. The van der Waals surface area contributed by atoms with Crippen LogP contribution < -0.4 is 5.32 Å². The number of benzene rings is 2. The fraction of sp³-hybridized carbons (Fsp3) is 0.200. The van der Waals surface area contributed by atoms with Crippen LogP contribution in [0.4, 0.5) is 14.5 Å². The first kappa shape index (κ1) is 15.1. The third-order valence-electron chi connectivity index (χ3n) is 3.21. The van der Waals surface area contributed by atoms with Crippen LogP contribution in [-0.4, -0.2) is 4.92 Å². The Morgan fingerprint density at radius 3 is 2.62 bits per heavy atom. The SMILES string of the molecule is CC(NCc1cc(F)ccc1[N+](=O)[O-])c1ccccc1F. The van der Waals surface area contributed by atoms with Crippen molar-refractivity contribution in [3.63, 3.8) is 0 Å². The molecule has 0 aromatic heterocycles. The van der Waals surface area contributed by atoms with Crippen molar-refractivity contribution in [3.8, 4) is 0 Å². The van der Waals surface area contributed by atoms with Crippen molar-refractivity contribution in [2.45, 2.75) is 19.5 Å². The van der Waals surface area contributed by atoms with Crippen molar-refractivity contribution in [2.75, 3.05) is 0 Å². The molecule has 21 heavy (non-hydrogen) atoms. The van der Waals surface area contributed by atoms with E-state index in [1.165, 1.54) is 6.07 Å². The molecule has 0 saturated carbocycles. The van der Waals surface area contributed by atoms with Crippen molar-refractivity contribution in [1.29, 1.82) is 0 Å². The zero-order valence-corrected chi connectivity index (χ0v) is 11.3. The fourth-order valence-corrected chi connectivity index (χ4v) is 2.07. The molecule has 0 aliphatic rings. The second-order valence-electron chi connectivity index (χ2n) is 4.65. The minimum Gasteiger partial charge on any atom is -0.306 e. The van der Waals surface area contributed by atoms with Crippen LogP contribution in [0.1, 0.15) is 24.1 Å². The highest BCUT2D eigenvalue weighted by atomic mass is 19.1. The molecule has 6 heteroatoms. The maximum atomic E-state index is 13.6. The van der Waals surface area contributed by atoms with Crippen molar-refractivity contribution in [3.05, 3.63) is 75.3 Å². The van der Waals surface area contributed by atoms with Gasteiger partial charge in [0.25, 0.3) is 5.69 Å². The van der Waals surface area contributed by atoms with E-state index in [-0.39, 0.29) is 29.7 Å². The first-order valence-corrected chi connectivity index (χ1v) is 6.39. The summed E-state index contributed by atoms with van der Waals surface area (Å²) in [4.78, 5) is 10.3. The lowest BCUT2D eigenvalue weighted by molar-refractivity contribution is -0.385. The van der Waals surface area contributed by atoms with E-state index in [0.29, 0.717) is 5.56 Å². The van der Waals surface area contributed by atoms with Crippen LogP contribution in [-0.2, 0) is 6.54 Å². The van der Waals surface area contributed by atoms with Gasteiger partial charge in [-0.1, -0.05) is 18.2 Å². The number of hydrogen-bond donors (Lipinski definition) is 1. The van der Waals surface area contributed by atoms with E-state index >= 15 is 0 Å². The highest BCUT2D eigenvalue weighted by molar-refractivity contribution is 5.40. The van der Waals surface area contributed by atoms with Crippen LogP contribution in [0.2, 0.25) is 0 Å². The predicted octanol–water partition coefficient (Wildman–Crippen LogP) is 3.72. The van der Waals surface area contributed by atoms with Gasteiger partial charge in [0.05, 0.1) is 4.92 Å². The second-order valence-corrected chi connectivity index (χ2v) is 4.65. The van der Waals surface area contributed by atoms with Gasteiger partial charge in [-0.25, -0.2) is 8.78 Å². The molecule has 1 N–H and O–H groups in total. The molecule has 0 amide bonds. The summed E-state index contributed by atoms with van der Waals surface area (Å²) in [5.74, 6) is -0.901. The van der Waals surface area contributed by atoms with Crippen molar-refractivity contribution in [2.24, 2.45) is 0 Å². The predicted molar refractivity (Wildman–Crippen MR) is 74.7 cm³/mol. The van der Waals surface area contributed by atoms with Crippen LogP contribution in [0.3, 0.4) is 0 Å².